The third-order valence-electron chi connectivity index (χ3n) is 3.75. The third kappa shape index (κ3) is 2.97. The van der Waals surface area contributed by atoms with Crippen molar-refractivity contribution in [3.8, 4) is 0 Å². The Morgan fingerprint density at radius 1 is 1.53 bits per heavy atom. The average Bonchev–Trinajstić information content (AvgIpc) is 2.27. The van der Waals surface area contributed by atoms with Gasteiger partial charge in [-0.3, -0.25) is 9.69 Å². The topological polar surface area (TPSA) is 67.6 Å². The molecule has 2 unspecified atom stereocenters. The fraction of sp³-hybridized carbons (Fsp3) is 0.917. The van der Waals surface area contributed by atoms with Crippen molar-refractivity contribution in [2.24, 2.45) is 5.73 Å². The molecule has 1 amide bonds. The second kappa shape index (κ2) is 4.92. The molecule has 0 aromatic rings. The zero-order valence-electron chi connectivity index (χ0n) is 10.7. The molecule has 98 valence electrons. The van der Waals surface area contributed by atoms with Gasteiger partial charge in [0.2, 0.25) is 5.91 Å². The molecule has 3 N–H and O–H groups in total. The molecule has 2 aliphatic heterocycles. The normalized spacial score (nSPS) is 34.5. The molecule has 2 aliphatic rings. The van der Waals surface area contributed by atoms with Gasteiger partial charge in [0, 0.05) is 32.3 Å². The summed E-state index contributed by atoms with van der Waals surface area (Å²) in [6.07, 6.45) is 1.96. The number of carbonyl (C=O) groups is 1. The van der Waals surface area contributed by atoms with Gasteiger partial charge in [-0.15, -0.1) is 0 Å². The highest BCUT2D eigenvalue weighted by Crippen LogP contribution is 2.28. The largest absolute Gasteiger partial charge is 0.375 e. The van der Waals surface area contributed by atoms with Crippen LogP contribution in [0.5, 0.6) is 0 Å². The highest BCUT2D eigenvalue weighted by atomic mass is 16.5. The molecule has 0 bridgehead atoms. The van der Waals surface area contributed by atoms with Gasteiger partial charge in [-0.2, -0.15) is 0 Å². The van der Waals surface area contributed by atoms with Crippen LogP contribution in [0.25, 0.3) is 0 Å². The van der Waals surface area contributed by atoms with Crippen LogP contribution >= 0.6 is 0 Å². The summed E-state index contributed by atoms with van der Waals surface area (Å²) in [7, 11) is 0. The predicted molar refractivity (Wildman–Crippen MR) is 65.6 cm³/mol. The molecule has 0 aliphatic carbocycles. The van der Waals surface area contributed by atoms with Gasteiger partial charge >= 0.3 is 0 Å². The summed E-state index contributed by atoms with van der Waals surface area (Å²) in [4.78, 5) is 13.7. The summed E-state index contributed by atoms with van der Waals surface area (Å²) in [5.74, 6) is -0.221. The Balaban J connectivity index is 2.05. The van der Waals surface area contributed by atoms with Crippen LogP contribution in [-0.2, 0) is 9.53 Å². The molecule has 0 aromatic carbocycles. The van der Waals surface area contributed by atoms with Gasteiger partial charge in [0.05, 0.1) is 5.60 Å². The first-order chi connectivity index (χ1) is 7.99. The van der Waals surface area contributed by atoms with Crippen LogP contribution in [0.2, 0.25) is 0 Å². The van der Waals surface area contributed by atoms with Gasteiger partial charge in [-0.05, 0) is 26.7 Å². The minimum absolute atomic E-state index is 0.0873. The van der Waals surface area contributed by atoms with Crippen LogP contribution in [0.15, 0.2) is 0 Å². The van der Waals surface area contributed by atoms with E-state index in [9.17, 15) is 4.79 Å². The van der Waals surface area contributed by atoms with Crippen LogP contribution < -0.4 is 11.1 Å². The number of nitrogens with zero attached hydrogens (tertiary/aromatic N) is 1. The van der Waals surface area contributed by atoms with Gasteiger partial charge in [0.25, 0.3) is 0 Å². The van der Waals surface area contributed by atoms with Crippen molar-refractivity contribution in [1.82, 2.24) is 10.2 Å². The van der Waals surface area contributed by atoms with Crippen LogP contribution in [0, 0.1) is 0 Å². The highest BCUT2D eigenvalue weighted by Gasteiger charge is 2.37. The van der Waals surface area contributed by atoms with Crippen molar-refractivity contribution in [3.63, 3.8) is 0 Å². The molecule has 5 nitrogen and oxygen atoms in total. The molecule has 0 radical (unpaired) electrons. The van der Waals surface area contributed by atoms with E-state index in [1.54, 1.807) is 0 Å². The fourth-order valence-corrected chi connectivity index (χ4v) is 2.90. The van der Waals surface area contributed by atoms with Crippen LogP contribution in [0.3, 0.4) is 0 Å². The maximum absolute atomic E-state index is 11.5. The maximum atomic E-state index is 11.5. The zero-order chi connectivity index (χ0) is 12.5. The van der Waals surface area contributed by atoms with Crippen molar-refractivity contribution in [1.29, 1.82) is 0 Å². The molecule has 0 saturated carbocycles. The molecular weight excluding hydrogens is 218 g/mol. The lowest BCUT2D eigenvalue weighted by atomic mass is 9.91. The SMILES string of the molecule is CC1(C)CC(N2CCNCC2C(N)=O)CCO1. The number of carbonyl (C=O) groups excluding carboxylic acids is 1. The van der Waals surface area contributed by atoms with Crippen molar-refractivity contribution >= 4 is 5.91 Å². The predicted octanol–water partition coefficient (Wildman–Crippen LogP) is -0.297. The van der Waals surface area contributed by atoms with Crippen LogP contribution in [0.4, 0.5) is 0 Å². The van der Waals surface area contributed by atoms with Crippen molar-refractivity contribution in [2.75, 3.05) is 26.2 Å². The summed E-state index contributed by atoms with van der Waals surface area (Å²) in [5.41, 5.74) is 5.39. The van der Waals surface area contributed by atoms with Crippen LogP contribution in [0.1, 0.15) is 26.7 Å². The standard InChI is InChI=1S/C12H23N3O2/c1-12(2)7-9(3-6-17-12)15-5-4-14-8-10(15)11(13)16/h9-10,14H,3-8H2,1-2H3,(H2,13,16). The first-order valence-corrected chi connectivity index (χ1v) is 6.39. The summed E-state index contributed by atoms with van der Waals surface area (Å²) in [6, 6.07) is 0.251. The third-order valence-corrected chi connectivity index (χ3v) is 3.75. The van der Waals surface area contributed by atoms with Crippen molar-refractivity contribution < 1.29 is 9.53 Å². The number of hydrogen-bond acceptors (Lipinski definition) is 4. The minimum atomic E-state index is -0.221. The monoisotopic (exact) mass is 241 g/mol. The minimum Gasteiger partial charge on any atom is -0.375 e. The van der Waals surface area contributed by atoms with E-state index in [0.29, 0.717) is 12.6 Å². The lowest BCUT2D eigenvalue weighted by Gasteiger charge is -2.45. The Bertz CT molecular complexity index is 293. The maximum Gasteiger partial charge on any atom is 0.236 e. The Morgan fingerprint density at radius 2 is 2.29 bits per heavy atom. The zero-order valence-corrected chi connectivity index (χ0v) is 10.7. The van der Waals surface area contributed by atoms with E-state index in [1.807, 2.05) is 0 Å². The van der Waals surface area contributed by atoms with E-state index < -0.39 is 0 Å². The Morgan fingerprint density at radius 3 is 2.94 bits per heavy atom. The molecule has 0 aromatic heterocycles. The number of ether oxygens (including phenoxy) is 1. The Labute approximate surface area is 103 Å². The van der Waals surface area contributed by atoms with E-state index in [2.05, 4.69) is 24.1 Å². The number of rotatable bonds is 2. The molecule has 2 fully saturated rings. The van der Waals surface area contributed by atoms with Gasteiger partial charge in [0.1, 0.15) is 6.04 Å². The van der Waals surface area contributed by atoms with Crippen LogP contribution in [-0.4, -0.2) is 54.7 Å². The number of hydrogen-bond donors (Lipinski definition) is 2. The van der Waals surface area contributed by atoms with Gasteiger partial charge in [0.15, 0.2) is 0 Å². The number of amides is 1. The fourth-order valence-electron chi connectivity index (χ4n) is 2.90. The lowest BCUT2D eigenvalue weighted by Crippen LogP contribution is -2.61. The number of piperazine rings is 1. The van der Waals surface area contributed by atoms with E-state index in [0.717, 1.165) is 32.5 Å². The lowest BCUT2D eigenvalue weighted by molar-refractivity contribution is -0.130. The Hall–Kier alpha value is -0.650. The van der Waals surface area contributed by atoms with E-state index in [-0.39, 0.29) is 17.6 Å². The molecule has 5 heteroatoms. The second-order valence-electron chi connectivity index (χ2n) is 5.61. The molecule has 17 heavy (non-hydrogen) atoms. The average molecular weight is 241 g/mol. The number of primary amides is 1. The molecular formula is C12H23N3O2. The van der Waals surface area contributed by atoms with Gasteiger partial charge < -0.3 is 15.8 Å². The van der Waals surface area contributed by atoms with Crippen molar-refractivity contribution in [2.45, 2.75) is 44.4 Å². The molecule has 2 atom stereocenters. The Kier molecular flexibility index (Phi) is 3.70. The summed E-state index contributed by atoms with van der Waals surface area (Å²) >= 11 is 0. The second-order valence-corrected chi connectivity index (χ2v) is 5.61. The quantitative estimate of drug-likeness (QED) is 0.697. The summed E-state index contributed by atoms with van der Waals surface area (Å²) in [6.45, 7) is 7.50. The molecule has 0 spiro atoms. The molecule has 2 rings (SSSR count). The summed E-state index contributed by atoms with van der Waals surface area (Å²) in [5, 5.41) is 3.23. The molecule has 2 heterocycles. The molecule has 2 saturated heterocycles. The number of nitrogens with one attached hydrogen (secondary N) is 1. The van der Waals surface area contributed by atoms with Gasteiger partial charge in [-0.25, -0.2) is 0 Å². The van der Waals surface area contributed by atoms with E-state index >= 15 is 0 Å². The van der Waals surface area contributed by atoms with Gasteiger partial charge in [-0.1, -0.05) is 0 Å². The highest BCUT2D eigenvalue weighted by molar-refractivity contribution is 5.80. The van der Waals surface area contributed by atoms with E-state index in [1.165, 1.54) is 0 Å². The first-order valence-electron chi connectivity index (χ1n) is 6.39. The smallest absolute Gasteiger partial charge is 0.236 e. The number of nitrogens with two attached hydrogens (primary N) is 1. The van der Waals surface area contributed by atoms with E-state index in [4.69, 9.17) is 10.5 Å². The summed E-state index contributed by atoms with van der Waals surface area (Å²) < 4.78 is 5.72. The first kappa shape index (κ1) is 12.8. The van der Waals surface area contributed by atoms with Crippen molar-refractivity contribution in [3.05, 3.63) is 0 Å².